The quantitative estimate of drug-likeness (QED) is 0.551. The minimum atomic E-state index is -0.496. The van der Waals surface area contributed by atoms with Crippen LogP contribution in [0.15, 0.2) is 23.9 Å². The molecule has 2 aliphatic carbocycles. The average Bonchev–Trinajstić information content (AvgIpc) is 3.06. The maximum Gasteiger partial charge on any atom is 0.340 e. The molecule has 166 valence electrons. The lowest BCUT2D eigenvalue weighted by molar-refractivity contribution is -0.123. The van der Waals surface area contributed by atoms with E-state index in [2.05, 4.69) is 4.98 Å². The third kappa shape index (κ3) is 2.70. The lowest BCUT2D eigenvalue weighted by Gasteiger charge is -2.27. The van der Waals surface area contributed by atoms with Crippen LogP contribution in [-0.4, -0.2) is 55.4 Å². The number of H-pyrrole nitrogens is 1. The van der Waals surface area contributed by atoms with Crippen molar-refractivity contribution >= 4 is 35.1 Å². The topological polar surface area (TPSA) is 97.9 Å². The van der Waals surface area contributed by atoms with E-state index in [0.717, 1.165) is 12.0 Å². The molecule has 1 aliphatic heterocycles. The van der Waals surface area contributed by atoms with Crippen LogP contribution in [0.2, 0.25) is 0 Å². The van der Waals surface area contributed by atoms with Crippen LogP contribution >= 0.6 is 11.3 Å². The van der Waals surface area contributed by atoms with Gasteiger partial charge in [-0.1, -0.05) is 11.3 Å². The first-order valence-electron chi connectivity index (χ1n) is 10.1. The van der Waals surface area contributed by atoms with Crippen molar-refractivity contribution in [3.8, 4) is 10.1 Å². The van der Waals surface area contributed by atoms with E-state index in [1.807, 2.05) is 0 Å². The second-order valence-electron chi connectivity index (χ2n) is 8.13. The number of aromatic amines is 1. The summed E-state index contributed by atoms with van der Waals surface area (Å²) >= 11 is 1.35. The Bertz CT molecular complexity index is 1240. The molecule has 3 aliphatic rings. The van der Waals surface area contributed by atoms with Gasteiger partial charge >= 0.3 is 5.97 Å². The van der Waals surface area contributed by atoms with Crippen molar-refractivity contribution in [2.45, 2.75) is 18.8 Å². The fourth-order valence-corrected chi connectivity index (χ4v) is 5.86. The number of likely N-dealkylation sites (tertiary alicyclic amines) is 1. The average molecular weight is 455 g/mol. The van der Waals surface area contributed by atoms with E-state index in [1.54, 1.807) is 38.2 Å². The Hall–Kier alpha value is -3.33. The maximum absolute atomic E-state index is 13.1. The number of allylic oxidation sites excluding steroid dienone is 2. The molecular formula is C23H22N2O6S. The molecule has 1 N–H and O–H groups in total. The number of nitrogens with one attached hydrogen (secondary N) is 1. The predicted octanol–water partition coefficient (Wildman–Crippen LogP) is 3.08. The summed E-state index contributed by atoms with van der Waals surface area (Å²) in [5.74, 6) is -0.778. The van der Waals surface area contributed by atoms with Crippen molar-refractivity contribution in [2.75, 3.05) is 27.9 Å². The van der Waals surface area contributed by atoms with Crippen LogP contribution in [0.4, 0.5) is 0 Å². The number of carbonyl (C=O) groups excluding carboxylic acids is 3. The van der Waals surface area contributed by atoms with Gasteiger partial charge in [0, 0.05) is 52.7 Å². The number of piperidine rings is 1. The summed E-state index contributed by atoms with van der Waals surface area (Å²) in [4.78, 5) is 43.2. The Morgan fingerprint density at radius 2 is 2.06 bits per heavy atom. The van der Waals surface area contributed by atoms with Gasteiger partial charge in [0.15, 0.2) is 10.1 Å². The third-order valence-corrected chi connectivity index (χ3v) is 7.63. The van der Waals surface area contributed by atoms with Crippen molar-refractivity contribution in [1.82, 2.24) is 9.88 Å². The molecule has 0 bridgehead atoms. The molecule has 32 heavy (non-hydrogen) atoms. The van der Waals surface area contributed by atoms with Gasteiger partial charge in [0.05, 0.1) is 32.6 Å². The zero-order valence-electron chi connectivity index (χ0n) is 18.1. The Kier molecular flexibility index (Phi) is 4.56. The van der Waals surface area contributed by atoms with Gasteiger partial charge in [-0.25, -0.2) is 4.79 Å². The number of hydrogen-bond acceptors (Lipinski definition) is 7. The van der Waals surface area contributed by atoms with E-state index in [-0.39, 0.29) is 17.6 Å². The number of rotatable bonds is 5. The normalized spacial score (nSPS) is 22.9. The van der Waals surface area contributed by atoms with Crippen molar-refractivity contribution < 1.29 is 28.6 Å². The lowest BCUT2D eigenvalue weighted by atomic mass is 9.82. The summed E-state index contributed by atoms with van der Waals surface area (Å²) in [6.45, 7) is 2.26. The predicted molar refractivity (Wildman–Crippen MR) is 117 cm³/mol. The first-order valence-corrected chi connectivity index (χ1v) is 11.0. The molecule has 8 nitrogen and oxygen atoms in total. The Balaban J connectivity index is 1.49. The summed E-state index contributed by atoms with van der Waals surface area (Å²) in [5.41, 5.74) is 3.02. The number of thiophene rings is 1. The SMILES string of the molecule is COC(=O)c1c(C)[nH]c2c1[C@@]13C[C@@H]1CN(C(=O)/C=C/c1cc(OC)sc1OC)C3=CC2=O. The lowest BCUT2D eigenvalue weighted by Crippen LogP contribution is -2.33. The minimum Gasteiger partial charge on any atom is -0.487 e. The summed E-state index contributed by atoms with van der Waals surface area (Å²) in [5, 5.41) is 1.33. The number of methoxy groups -OCH3 is 3. The Morgan fingerprint density at radius 1 is 1.28 bits per heavy atom. The molecule has 2 aromatic heterocycles. The van der Waals surface area contributed by atoms with Gasteiger partial charge in [-0.2, -0.15) is 0 Å². The molecule has 1 saturated heterocycles. The second kappa shape index (κ2) is 7.09. The van der Waals surface area contributed by atoms with Crippen LogP contribution < -0.4 is 9.47 Å². The van der Waals surface area contributed by atoms with Gasteiger partial charge in [-0.3, -0.25) is 9.59 Å². The van der Waals surface area contributed by atoms with Crippen LogP contribution in [0, 0.1) is 12.8 Å². The maximum atomic E-state index is 13.1. The first kappa shape index (κ1) is 20.6. The van der Waals surface area contributed by atoms with Crippen LogP contribution in [0.25, 0.3) is 6.08 Å². The first-order chi connectivity index (χ1) is 15.3. The van der Waals surface area contributed by atoms with Crippen molar-refractivity contribution in [3.05, 3.63) is 52.0 Å². The molecular weight excluding hydrogens is 432 g/mol. The van der Waals surface area contributed by atoms with Gasteiger partial charge in [-0.15, -0.1) is 0 Å². The van der Waals surface area contributed by atoms with Crippen molar-refractivity contribution in [1.29, 1.82) is 0 Å². The summed E-state index contributed by atoms with van der Waals surface area (Å²) in [6.07, 6.45) is 5.50. The molecule has 2 fully saturated rings. The summed E-state index contributed by atoms with van der Waals surface area (Å²) in [7, 11) is 4.47. The van der Waals surface area contributed by atoms with Crippen LogP contribution in [0.3, 0.4) is 0 Å². The van der Waals surface area contributed by atoms with Gasteiger partial charge in [0.2, 0.25) is 5.78 Å². The Morgan fingerprint density at radius 3 is 2.75 bits per heavy atom. The summed E-state index contributed by atoms with van der Waals surface area (Å²) in [6, 6.07) is 1.80. The molecule has 9 heteroatoms. The third-order valence-electron chi connectivity index (χ3n) is 6.55. The Labute approximate surface area is 188 Å². The minimum absolute atomic E-state index is 0.160. The standard InChI is InChI=1S/C23H22N2O6S/c1-11-18(21(28)30-3)19-20(24-11)14(26)8-15-23(19)9-13(23)10-25(15)16(27)6-5-12-7-17(29-2)32-22(12)31-4/h5-8,13,24H,9-10H2,1-4H3/b6-5+/t13-,23+/m1/s1. The largest absolute Gasteiger partial charge is 0.487 e. The van der Waals surface area contributed by atoms with E-state index in [1.165, 1.54) is 30.6 Å². The number of aromatic nitrogens is 1. The number of ether oxygens (including phenoxy) is 3. The van der Waals surface area contributed by atoms with Gasteiger partial charge < -0.3 is 24.1 Å². The fourth-order valence-electron chi connectivity index (χ4n) is 5.08. The van der Waals surface area contributed by atoms with Gasteiger partial charge in [0.25, 0.3) is 5.91 Å². The number of aryl methyl sites for hydroxylation is 1. The number of ketones is 1. The molecule has 5 rings (SSSR count). The molecule has 3 heterocycles. The van der Waals surface area contributed by atoms with Crippen LogP contribution in [0.5, 0.6) is 10.1 Å². The molecule has 2 atom stereocenters. The van der Waals surface area contributed by atoms with Gasteiger partial charge in [-0.05, 0) is 25.3 Å². The smallest absolute Gasteiger partial charge is 0.340 e. The van der Waals surface area contributed by atoms with Crippen molar-refractivity contribution in [2.24, 2.45) is 5.92 Å². The van der Waals surface area contributed by atoms with Crippen LogP contribution in [-0.2, 0) is 14.9 Å². The highest BCUT2D eigenvalue weighted by Crippen LogP contribution is 2.67. The number of carbonyl (C=O) groups is 3. The number of fused-ring (bicyclic) bond motifs is 1. The zero-order chi connectivity index (χ0) is 22.8. The highest BCUT2D eigenvalue weighted by Gasteiger charge is 2.68. The van der Waals surface area contributed by atoms with Crippen molar-refractivity contribution in [3.63, 3.8) is 0 Å². The highest BCUT2D eigenvalue weighted by atomic mass is 32.1. The highest BCUT2D eigenvalue weighted by molar-refractivity contribution is 7.15. The zero-order valence-corrected chi connectivity index (χ0v) is 18.9. The number of nitrogens with zero attached hydrogens (tertiary/aromatic N) is 1. The van der Waals surface area contributed by atoms with E-state index < -0.39 is 11.4 Å². The molecule has 1 saturated carbocycles. The number of hydrogen-bond donors (Lipinski definition) is 1. The van der Waals surface area contributed by atoms with E-state index in [9.17, 15) is 14.4 Å². The van der Waals surface area contributed by atoms with E-state index in [0.29, 0.717) is 44.9 Å². The van der Waals surface area contributed by atoms with E-state index in [4.69, 9.17) is 14.2 Å². The molecule has 0 radical (unpaired) electrons. The fraction of sp³-hybridized carbons (Fsp3) is 0.348. The van der Waals surface area contributed by atoms with Gasteiger partial charge in [0.1, 0.15) is 0 Å². The molecule has 2 aromatic rings. The van der Waals surface area contributed by atoms with Crippen LogP contribution in [0.1, 0.15) is 44.1 Å². The molecule has 1 amide bonds. The number of esters is 1. The second-order valence-corrected chi connectivity index (χ2v) is 9.11. The van der Waals surface area contributed by atoms with E-state index >= 15 is 0 Å². The molecule has 0 aromatic carbocycles. The molecule has 0 unspecified atom stereocenters. The summed E-state index contributed by atoms with van der Waals surface area (Å²) < 4.78 is 15.6. The monoisotopic (exact) mass is 454 g/mol. The number of amides is 1. The molecule has 1 spiro atoms.